The molecular formula is C11H14N2O3. The SMILES string of the molecule is CN(C)C(=O)NC(=O)OCc1ccccc1. The van der Waals surface area contributed by atoms with E-state index in [9.17, 15) is 9.59 Å². The largest absolute Gasteiger partial charge is 0.444 e. The van der Waals surface area contributed by atoms with Gasteiger partial charge in [0, 0.05) is 14.1 Å². The van der Waals surface area contributed by atoms with Crippen molar-refractivity contribution in [3.63, 3.8) is 0 Å². The Labute approximate surface area is 94.0 Å². The number of urea groups is 1. The molecule has 3 amide bonds. The van der Waals surface area contributed by atoms with Gasteiger partial charge < -0.3 is 9.64 Å². The van der Waals surface area contributed by atoms with E-state index >= 15 is 0 Å². The van der Waals surface area contributed by atoms with E-state index < -0.39 is 12.1 Å². The van der Waals surface area contributed by atoms with Gasteiger partial charge >= 0.3 is 12.1 Å². The number of amides is 3. The fourth-order valence-electron chi connectivity index (χ4n) is 0.958. The Hall–Kier alpha value is -2.04. The summed E-state index contributed by atoms with van der Waals surface area (Å²) < 4.78 is 4.85. The second-order valence-corrected chi connectivity index (χ2v) is 3.39. The van der Waals surface area contributed by atoms with Crippen LogP contribution >= 0.6 is 0 Å². The van der Waals surface area contributed by atoms with Gasteiger partial charge in [0.05, 0.1) is 0 Å². The van der Waals surface area contributed by atoms with Crippen molar-refractivity contribution in [3.8, 4) is 0 Å². The van der Waals surface area contributed by atoms with Crippen LogP contribution in [0.4, 0.5) is 9.59 Å². The molecule has 0 atom stereocenters. The van der Waals surface area contributed by atoms with Crippen molar-refractivity contribution in [1.29, 1.82) is 0 Å². The third-order valence-corrected chi connectivity index (χ3v) is 1.83. The van der Waals surface area contributed by atoms with Gasteiger partial charge in [0.25, 0.3) is 0 Å². The lowest BCUT2D eigenvalue weighted by molar-refractivity contribution is 0.138. The first-order chi connectivity index (χ1) is 7.59. The number of rotatable bonds is 2. The predicted octanol–water partition coefficient (Wildman–Crippen LogP) is 1.59. The Bertz CT molecular complexity index is 363. The highest BCUT2D eigenvalue weighted by molar-refractivity contribution is 5.90. The summed E-state index contributed by atoms with van der Waals surface area (Å²) in [4.78, 5) is 23.5. The first-order valence-electron chi connectivity index (χ1n) is 4.78. The quantitative estimate of drug-likeness (QED) is 0.826. The van der Waals surface area contributed by atoms with Crippen LogP contribution in [-0.4, -0.2) is 31.1 Å². The van der Waals surface area contributed by atoms with Gasteiger partial charge in [-0.1, -0.05) is 30.3 Å². The van der Waals surface area contributed by atoms with Crippen molar-refractivity contribution in [2.45, 2.75) is 6.61 Å². The number of nitrogens with one attached hydrogen (secondary N) is 1. The van der Waals surface area contributed by atoms with Crippen molar-refractivity contribution in [1.82, 2.24) is 10.2 Å². The number of carbonyl (C=O) groups excluding carboxylic acids is 2. The van der Waals surface area contributed by atoms with Crippen molar-refractivity contribution < 1.29 is 14.3 Å². The van der Waals surface area contributed by atoms with Gasteiger partial charge in [0.15, 0.2) is 0 Å². The Morgan fingerprint density at radius 1 is 1.25 bits per heavy atom. The van der Waals surface area contributed by atoms with Crippen molar-refractivity contribution in [3.05, 3.63) is 35.9 Å². The molecule has 0 spiro atoms. The zero-order valence-electron chi connectivity index (χ0n) is 9.27. The summed E-state index contributed by atoms with van der Waals surface area (Å²) in [5.74, 6) is 0. The molecule has 1 aromatic rings. The number of hydrogen-bond acceptors (Lipinski definition) is 3. The number of nitrogens with zero attached hydrogens (tertiary/aromatic N) is 1. The zero-order chi connectivity index (χ0) is 12.0. The van der Waals surface area contributed by atoms with Gasteiger partial charge in [-0.2, -0.15) is 0 Å². The van der Waals surface area contributed by atoms with E-state index in [0.717, 1.165) is 5.56 Å². The van der Waals surface area contributed by atoms with Gasteiger partial charge in [-0.05, 0) is 5.56 Å². The fourth-order valence-corrected chi connectivity index (χ4v) is 0.958. The second kappa shape index (κ2) is 5.75. The standard InChI is InChI=1S/C11H14N2O3/c1-13(2)10(14)12-11(15)16-8-9-6-4-3-5-7-9/h3-7H,8H2,1-2H3,(H,12,14,15). The maximum atomic E-state index is 11.2. The molecule has 0 aromatic heterocycles. The van der Waals surface area contributed by atoms with E-state index in [1.165, 1.54) is 4.90 Å². The first kappa shape index (κ1) is 12.0. The molecule has 0 aliphatic rings. The molecule has 1 aromatic carbocycles. The molecule has 5 heteroatoms. The smallest absolute Gasteiger partial charge is 0.415 e. The molecule has 0 heterocycles. The minimum absolute atomic E-state index is 0.146. The highest BCUT2D eigenvalue weighted by atomic mass is 16.5. The van der Waals surface area contributed by atoms with Crippen LogP contribution < -0.4 is 5.32 Å². The summed E-state index contributed by atoms with van der Waals surface area (Å²) in [7, 11) is 3.08. The number of alkyl carbamates (subject to hydrolysis) is 1. The molecule has 0 aliphatic heterocycles. The maximum Gasteiger partial charge on any atom is 0.415 e. The lowest BCUT2D eigenvalue weighted by atomic mass is 10.2. The summed E-state index contributed by atoms with van der Waals surface area (Å²) in [5.41, 5.74) is 0.870. The van der Waals surface area contributed by atoms with Crippen molar-refractivity contribution in [2.75, 3.05) is 14.1 Å². The topological polar surface area (TPSA) is 58.6 Å². The van der Waals surface area contributed by atoms with E-state index in [4.69, 9.17) is 4.74 Å². The van der Waals surface area contributed by atoms with E-state index in [0.29, 0.717) is 0 Å². The lowest BCUT2D eigenvalue weighted by Gasteiger charge is -2.11. The van der Waals surface area contributed by atoms with Crippen LogP contribution in [0.5, 0.6) is 0 Å². The number of carbonyl (C=O) groups is 2. The average Bonchev–Trinajstić information content (AvgIpc) is 2.27. The van der Waals surface area contributed by atoms with Gasteiger partial charge in [0.1, 0.15) is 6.61 Å². The molecule has 0 fully saturated rings. The molecule has 0 saturated carbocycles. The monoisotopic (exact) mass is 222 g/mol. The Balaban J connectivity index is 2.34. The Kier molecular flexibility index (Phi) is 4.32. The number of benzene rings is 1. The third kappa shape index (κ3) is 4.00. The first-order valence-corrected chi connectivity index (χ1v) is 4.78. The van der Waals surface area contributed by atoms with Gasteiger partial charge in [-0.15, -0.1) is 0 Å². The molecule has 0 unspecified atom stereocenters. The minimum Gasteiger partial charge on any atom is -0.444 e. The highest BCUT2D eigenvalue weighted by Gasteiger charge is 2.09. The van der Waals surface area contributed by atoms with Gasteiger partial charge in [-0.3, -0.25) is 0 Å². The van der Waals surface area contributed by atoms with Crippen LogP contribution in [0.2, 0.25) is 0 Å². The molecule has 5 nitrogen and oxygen atoms in total. The van der Waals surface area contributed by atoms with E-state index in [1.807, 2.05) is 30.3 Å². The summed E-state index contributed by atoms with van der Waals surface area (Å²) in [5, 5.41) is 2.08. The van der Waals surface area contributed by atoms with Crippen molar-refractivity contribution in [2.24, 2.45) is 0 Å². The molecule has 1 N–H and O–H groups in total. The summed E-state index contributed by atoms with van der Waals surface area (Å²) in [6.45, 7) is 0.146. The molecule has 0 bridgehead atoms. The zero-order valence-corrected chi connectivity index (χ0v) is 9.27. The molecule has 16 heavy (non-hydrogen) atoms. The maximum absolute atomic E-state index is 11.2. The van der Waals surface area contributed by atoms with Crippen LogP contribution in [0.1, 0.15) is 5.56 Å². The fraction of sp³-hybridized carbons (Fsp3) is 0.273. The molecule has 86 valence electrons. The summed E-state index contributed by atoms with van der Waals surface area (Å²) in [6, 6.07) is 8.74. The molecule has 0 aliphatic carbocycles. The number of ether oxygens (including phenoxy) is 1. The summed E-state index contributed by atoms with van der Waals surface area (Å²) >= 11 is 0. The molecular weight excluding hydrogens is 208 g/mol. The molecule has 0 saturated heterocycles. The van der Waals surface area contributed by atoms with E-state index in [-0.39, 0.29) is 6.61 Å². The van der Waals surface area contributed by atoms with Crippen molar-refractivity contribution >= 4 is 12.1 Å². The average molecular weight is 222 g/mol. The lowest BCUT2D eigenvalue weighted by Crippen LogP contribution is -2.38. The van der Waals surface area contributed by atoms with Crippen LogP contribution in [0.3, 0.4) is 0 Å². The number of imide groups is 1. The highest BCUT2D eigenvalue weighted by Crippen LogP contribution is 2.00. The van der Waals surface area contributed by atoms with Gasteiger partial charge in [-0.25, -0.2) is 14.9 Å². The number of hydrogen-bond donors (Lipinski definition) is 1. The molecule has 1 rings (SSSR count). The van der Waals surface area contributed by atoms with E-state index in [2.05, 4.69) is 5.32 Å². The van der Waals surface area contributed by atoms with E-state index in [1.54, 1.807) is 14.1 Å². The third-order valence-electron chi connectivity index (χ3n) is 1.83. The normalized spacial score (nSPS) is 9.38. The predicted molar refractivity (Wildman–Crippen MR) is 58.8 cm³/mol. The Morgan fingerprint density at radius 3 is 2.44 bits per heavy atom. The van der Waals surface area contributed by atoms with Gasteiger partial charge in [0.2, 0.25) is 0 Å². The Morgan fingerprint density at radius 2 is 1.88 bits per heavy atom. The second-order valence-electron chi connectivity index (χ2n) is 3.39. The summed E-state index contributed by atoms with van der Waals surface area (Å²) in [6.07, 6.45) is -0.748. The van der Waals surface area contributed by atoms with Crippen LogP contribution in [0.15, 0.2) is 30.3 Å². The van der Waals surface area contributed by atoms with Crippen LogP contribution in [0, 0.1) is 0 Å². The minimum atomic E-state index is -0.748. The molecule has 0 radical (unpaired) electrons. The van der Waals surface area contributed by atoms with Crippen LogP contribution in [0.25, 0.3) is 0 Å². The van der Waals surface area contributed by atoms with Crippen LogP contribution in [-0.2, 0) is 11.3 Å².